The number of anilines is 1. The van der Waals surface area contributed by atoms with E-state index >= 15 is 0 Å². The van der Waals surface area contributed by atoms with E-state index in [0.717, 1.165) is 18.5 Å². The SMILES string of the molecule is CN(c1ccccc1)[C@H](C#N)[C@H]1CCC[C@@H]1/C=C\OCc1ccccc1. The van der Waals surface area contributed by atoms with Crippen LogP contribution < -0.4 is 4.90 Å². The first kappa shape index (κ1) is 18.1. The molecule has 0 aliphatic heterocycles. The summed E-state index contributed by atoms with van der Waals surface area (Å²) in [6.07, 6.45) is 7.36. The highest BCUT2D eigenvalue weighted by atomic mass is 16.5. The van der Waals surface area contributed by atoms with Crippen molar-refractivity contribution in [3.63, 3.8) is 0 Å². The summed E-state index contributed by atoms with van der Waals surface area (Å²) in [6, 6.07) is 22.8. The molecule has 0 bridgehead atoms. The summed E-state index contributed by atoms with van der Waals surface area (Å²) < 4.78 is 5.71. The van der Waals surface area contributed by atoms with Crippen LogP contribution in [-0.4, -0.2) is 13.1 Å². The molecule has 0 aromatic heterocycles. The molecule has 0 amide bonds. The maximum atomic E-state index is 9.81. The molecule has 0 spiro atoms. The smallest absolute Gasteiger partial charge is 0.120 e. The highest BCUT2D eigenvalue weighted by Gasteiger charge is 2.34. The predicted octanol–water partition coefficient (Wildman–Crippen LogP) is 5.16. The van der Waals surface area contributed by atoms with E-state index in [1.807, 2.05) is 49.7 Å². The lowest BCUT2D eigenvalue weighted by atomic mass is 9.88. The Balaban J connectivity index is 1.61. The summed E-state index contributed by atoms with van der Waals surface area (Å²) in [5.74, 6) is 0.725. The average molecular weight is 346 g/mol. The van der Waals surface area contributed by atoms with Crippen molar-refractivity contribution >= 4 is 5.69 Å². The first-order chi connectivity index (χ1) is 12.8. The van der Waals surface area contributed by atoms with Gasteiger partial charge in [-0.2, -0.15) is 5.26 Å². The van der Waals surface area contributed by atoms with E-state index in [0.29, 0.717) is 18.4 Å². The van der Waals surface area contributed by atoms with E-state index in [9.17, 15) is 5.26 Å². The van der Waals surface area contributed by atoms with Gasteiger partial charge >= 0.3 is 0 Å². The third-order valence-corrected chi connectivity index (χ3v) is 5.26. The van der Waals surface area contributed by atoms with Gasteiger partial charge in [-0.3, -0.25) is 0 Å². The Bertz CT molecular complexity index is 736. The number of nitrogens with zero attached hydrogens (tertiary/aromatic N) is 2. The van der Waals surface area contributed by atoms with Crippen molar-refractivity contribution in [2.45, 2.75) is 31.9 Å². The van der Waals surface area contributed by atoms with Crippen LogP contribution in [0.25, 0.3) is 0 Å². The topological polar surface area (TPSA) is 36.3 Å². The van der Waals surface area contributed by atoms with Gasteiger partial charge in [-0.1, -0.05) is 55.0 Å². The molecule has 0 saturated heterocycles. The Labute approximate surface area is 156 Å². The summed E-state index contributed by atoms with van der Waals surface area (Å²) >= 11 is 0. The first-order valence-corrected chi connectivity index (χ1v) is 9.29. The van der Waals surface area contributed by atoms with E-state index in [1.165, 1.54) is 12.0 Å². The van der Waals surface area contributed by atoms with Gasteiger partial charge in [0.25, 0.3) is 0 Å². The van der Waals surface area contributed by atoms with E-state index in [1.54, 1.807) is 0 Å². The maximum Gasteiger partial charge on any atom is 0.120 e. The van der Waals surface area contributed by atoms with Gasteiger partial charge in [0.2, 0.25) is 0 Å². The zero-order valence-electron chi connectivity index (χ0n) is 15.3. The van der Waals surface area contributed by atoms with Crippen LogP contribution in [0.4, 0.5) is 5.69 Å². The van der Waals surface area contributed by atoms with E-state index in [2.05, 4.69) is 41.3 Å². The normalized spacial score (nSPS) is 20.6. The molecule has 1 aliphatic rings. The van der Waals surface area contributed by atoms with Crippen molar-refractivity contribution < 1.29 is 4.74 Å². The molecular formula is C23H26N2O. The summed E-state index contributed by atoms with van der Waals surface area (Å²) in [5.41, 5.74) is 2.26. The molecule has 3 nitrogen and oxygen atoms in total. The monoisotopic (exact) mass is 346 g/mol. The number of para-hydroxylation sites is 1. The zero-order chi connectivity index (χ0) is 18.2. The van der Waals surface area contributed by atoms with Gasteiger partial charge in [-0.15, -0.1) is 0 Å². The van der Waals surface area contributed by atoms with Crippen molar-refractivity contribution in [1.29, 1.82) is 5.26 Å². The summed E-state index contributed by atoms with van der Waals surface area (Å²) in [5, 5.41) is 9.81. The molecule has 0 heterocycles. The Morgan fingerprint density at radius 2 is 1.81 bits per heavy atom. The van der Waals surface area contributed by atoms with Gasteiger partial charge < -0.3 is 9.64 Å². The van der Waals surface area contributed by atoms with Gasteiger partial charge in [-0.25, -0.2) is 0 Å². The third kappa shape index (κ3) is 4.46. The predicted molar refractivity (Wildman–Crippen MR) is 105 cm³/mol. The number of hydrogen-bond acceptors (Lipinski definition) is 3. The lowest BCUT2D eigenvalue weighted by molar-refractivity contribution is 0.232. The molecule has 0 unspecified atom stereocenters. The second-order valence-corrected chi connectivity index (χ2v) is 6.90. The molecule has 1 fully saturated rings. The lowest BCUT2D eigenvalue weighted by Crippen LogP contribution is -2.38. The fraction of sp³-hybridized carbons (Fsp3) is 0.348. The van der Waals surface area contributed by atoms with Crippen LogP contribution in [0.15, 0.2) is 73.0 Å². The Morgan fingerprint density at radius 3 is 2.50 bits per heavy atom. The standard InChI is InChI=1S/C23H26N2O/c1-25(21-12-6-3-7-13-21)23(17-24)22-14-8-11-20(22)15-16-26-18-19-9-4-2-5-10-19/h2-7,9-10,12-13,15-16,20,22-23H,8,11,14,18H2,1H3/b16-15-/t20-,22+,23-/m1/s1. The average Bonchev–Trinajstić information content (AvgIpc) is 3.15. The van der Waals surface area contributed by atoms with E-state index in [-0.39, 0.29) is 6.04 Å². The molecule has 134 valence electrons. The highest BCUT2D eigenvalue weighted by molar-refractivity contribution is 5.48. The van der Waals surface area contributed by atoms with Crippen LogP contribution >= 0.6 is 0 Å². The molecule has 2 aromatic rings. The molecule has 1 aliphatic carbocycles. The maximum absolute atomic E-state index is 9.81. The second kappa shape index (κ2) is 9.10. The van der Waals surface area contributed by atoms with Crippen LogP contribution in [0.3, 0.4) is 0 Å². The Morgan fingerprint density at radius 1 is 1.12 bits per heavy atom. The summed E-state index contributed by atoms with van der Waals surface area (Å²) in [7, 11) is 2.02. The van der Waals surface area contributed by atoms with Crippen LogP contribution in [-0.2, 0) is 11.3 Å². The van der Waals surface area contributed by atoms with Gasteiger partial charge in [0.15, 0.2) is 0 Å². The first-order valence-electron chi connectivity index (χ1n) is 9.29. The van der Waals surface area contributed by atoms with Crippen LogP contribution in [0.2, 0.25) is 0 Å². The second-order valence-electron chi connectivity index (χ2n) is 6.90. The molecule has 3 heteroatoms. The fourth-order valence-electron chi connectivity index (χ4n) is 3.82. The van der Waals surface area contributed by atoms with Crippen molar-refractivity contribution in [3.05, 3.63) is 78.6 Å². The highest BCUT2D eigenvalue weighted by Crippen LogP contribution is 2.37. The van der Waals surface area contributed by atoms with Gasteiger partial charge in [0.1, 0.15) is 12.6 Å². The number of benzene rings is 2. The molecule has 3 atom stereocenters. The van der Waals surface area contributed by atoms with Crippen molar-refractivity contribution in [1.82, 2.24) is 0 Å². The van der Waals surface area contributed by atoms with Crippen molar-refractivity contribution in [2.75, 3.05) is 11.9 Å². The lowest BCUT2D eigenvalue weighted by Gasteiger charge is -2.31. The fourth-order valence-corrected chi connectivity index (χ4v) is 3.82. The Hall–Kier alpha value is -2.73. The molecule has 0 N–H and O–H groups in total. The Kier molecular flexibility index (Phi) is 6.33. The van der Waals surface area contributed by atoms with E-state index in [4.69, 9.17) is 4.74 Å². The molecule has 0 radical (unpaired) electrons. The van der Waals surface area contributed by atoms with Crippen molar-refractivity contribution in [3.8, 4) is 6.07 Å². The van der Waals surface area contributed by atoms with Crippen LogP contribution in [0, 0.1) is 23.2 Å². The minimum atomic E-state index is -0.122. The molecular weight excluding hydrogens is 320 g/mol. The van der Waals surface area contributed by atoms with Crippen LogP contribution in [0.5, 0.6) is 0 Å². The molecule has 3 rings (SSSR count). The third-order valence-electron chi connectivity index (χ3n) is 5.26. The molecule has 26 heavy (non-hydrogen) atoms. The summed E-state index contributed by atoms with van der Waals surface area (Å²) in [6.45, 7) is 0.584. The zero-order valence-corrected chi connectivity index (χ0v) is 15.3. The van der Waals surface area contributed by atoms with Gasteiger partial charge in [0, 0.05) is 12.7 Å². The number of hydrogen-bond donors (Lipinski definition) is 0. The molecule has 2 aromatic carbocycles. The largest absolute Gasteiger partial charge is 0.497 e. The number of ether oxygens (including phenoxy) is 1. The molecule has 1 saturated carbocycles. The number of nitriles is 1. The van der Waals surface area contributed by atoms with Crippen LogP contribution in [0.1, 0.15) is 24.8 Å². The number of rotatable bonds is 7. The van der Waals surface area contributed by atoms with Gasteiger partial charge in [0.05, 0.1) is 12.3 Å². The van der Waals surface area contributed by atoms with E-state index < -0.39 is 0 Å². The minimum absolute atomic E-state index is 0.122. The summed E-state index contributed by atoms with van der Waals surface area (Å²) in [4.78, 5) is 2.11. The quantitative estimate of drug-likeness (QED) is 0.650. The van der Waals surface area contributed by atoms with Gasteiger partial charge in [-0.05, 0) is 48.4 Å². The van der Waals surface area contributed by atoms with Crippen molar-refractivity contribution in [2.24, 2.45) is 11.8 Å². The minimum Gasteiger partial charge on any atom is -0.497 e. The number of allylic oxidation sites excluding steroid dienone is 1.